The average Bonchev–Trinajstić information content (AvgIpc) is 2.92. The van der Waals surface area contributed by atoms with E-state index in [1.165, 1.54) is 48.4 Å². The molecule has 7 nitrogen and oxygen atoms in total. The van der Waals surface area contributed by atoms with Crippen LogP contribution < -0.4 is 5.32 Å². The Kier molecular flexibility index (Phi) is 8.70. The van der Waals surface area contributed by atoms with E-state index in [4.69, 9.17) is 0 Å². The molecule has 2 amide bonds. The number of amidine groups is 1. The van der Waals surface area contributed by atoms with Crippen molar-refractivity contribution in [2.45, 2.75) is 24.3 Å². The van der Waals surface area contributed by atoms with Crippen LogP contribution in [-0.4, -0.2) is 46.8 Å². The molecule has 0 spiro atoms. The Morgan fingerprint density at radius 2 is 1.77 bits per heavy atom. The number of rotatable bonds is 7. The number of methoxy groups -OCH3 is 1. The summed E-state index contributed by atoms with van der Waals surface area (Å²) in [7, 11) is 1.26. The Morgan fingerprint density at radius 3 is 2.44 bits per heavy atom. The van der Waals surface area contributed by atoms with Gasteiger partial charge >= 0.3 is 12.1 Å². The first-order valence-electron chi connectivity index (χ1n) is 11.9. The molecule has 1 aliphatic heterocycles. The van der Waals surface area contributed by atoms with Gasteiger partial charge in [0.05, 0.1) is 23.9 Å². The van der Waals surface area contributed by atoms with Crippen molar-refractivity contribution in [3.05, 3.63) is 95.6 Å². The first kappa shape index (κ1) is 27.9. The average molecular weight is 556 g/mol. The number of alkyl halides is 3. The van der Waals surface area contributed by atoms with Crippen molar-refractivity contribution >= 4 is 46.1 Å². The molecule has 39 heavy (non-hydrogen) atoms. The third-order valence-corrected chi connectivity index (χ3v) is 7.06. The Bertz CT molecular complexity index is 1380. The topological polar surface area (TPSA) is 88.1 Å². The molecular formula is C28H24F3N3O4S. The van der Waals surface area contributed by atoms with Crippen molar-refractivity contribution in [1.82, 2.24) is 4.90 Å². The Morgan fingerprint density at radius 1 is 1.05 bits per heavy atom. The molecule has 1 saturated heterocycles. The van der Waals surface area contributed by atoms with Gasteiger partial charge in [0.2, 0.25) is 11.8 Å². The highest BCUT2D eigenvalue weighted by molar-refractivity contribution is 8.15. The smallest absolute Gasteiger partial charge is 0.416 e. The van der Waals surface area contributed by atoms with Crippen molar-refractivity contribution < 1.29 is 32.3 Å². The van der Waals surface area contributed by atoms with Gasteiger partial charge < -0.3 is 10.1 Å². The first-order chi connectivity index (χ1) is 18.6. The van der Waals surface area contributed by atoms with E-state index in [-0.39, 0.29) is 29.7 Å². The molecule has 0 saturated carbocycles. The third-order valence-electron chi connectivity index (χ3n) is 5.87. The van der Waals surface area contributed by atoms with Crippen molar-refractivity contribution in [2.75, 3.05) is 19.0 Å². The van der Waals surface area contributed by atoms with Crippen LogP contribution in [-0.2, 0) is 26.9 Å². The second-order valence-electron chi connectivity index (χ2n) is 8.59. The van der Waals surface area contributed by atoms with Crippen LogP contribution in [0.4, 0.5) is 24.5 Å². The van der Waals surface area contributed by atoms with Crippen molar-refractivity contribution in [3.63, 3.8) is 0 Å². The Balaban J connectivity index is 1.57. The lowest BCUT2D eigenvalue weighted by molar-refractivity contribution is -0.137. The van der Waals surface area contributed by atoms with Gasteiger partial charge in [-0.2, -0.15) is 13.2 Å². The number of esters is 1. The zero-order valence-corrected chi connectivity index (χ0v) is 21.6. The molecule has 11 heteroatoms. The molecule has 202 valence electrons. The summed E-state index contributed by atoms with van der Waals surface area (Å²) < 4.78 is 44.4. The lowest BCUT2D eigenvalue weighted by Gasteiger charge is -2.32. The number of thioether (sulfide) groups is 1. The minimum absolute atomic E-state index is 0.0179. The number of hydrogen-bond acceptors (Lipinski definition) is 6. The number of anilines is 1. The summed E-state index contributed by atoms with van der Waals surface area (Å²) in [5.41, 5.74) is 0.844. The summed E-state index contributed by atoms with van der Waals surface area (Å²) in [5.74, 6) is -1.36. The van der Waals surface area contributed by atoms with Gasteiger partial charge in [-0.3, -0.25) is 14.5 Å². The largest absolute Gasteiger partial charge is 0.465 e. The molecule has 1 N–H and O–H groups in total. The third kappa shape index (κ3) is 7.26. The molecular weight excluding hydrogens is 531 g/mol. The highest BCUT2D eigenvalue weighted by atomic mass is 32.2. The highest BCUT2D eigenvalue weighted by Crippen LogP contribution is 2.34. The van der Waals surface area contributed by atoms with Crippen LogP contribution in [0, 0.1) is 0 Å². The van der Waals surface area contributed by atoms with E-state index < -0.39 is 28.9 Å². The maximum absolute atomic E-state index is 13.3. The van der Waals surface area contributed by atoms with E-state index >= 15 is 0 Å². The van der Waals surface area contributed by atoms with E-state index in [2.05, 4.69) is 15.0 Å². The van der Waals surface area contributed by atoms with Gasteiger partial charge in [0.1, 0.15) is 5.25 Å². The number of benzene rings is 3. The van der Waals surface area contributed by atoms with Gasteiger partial charge in [0, 0.05) is 18.7 Å². The van der Waals surface area contributed by atoms with E-state index in [9.17, 15) is 27.6 Å². The predicted molar refractivity (Wildman–Crippen MR) is 143 cm³/mol. The van der Waals surface area contributed by atoms with Crippen molar-refractivity contribution in [2.24, 2.45) is 4.99 Å². The second kappa shape index (κ2) is 12.2. The number of carbonyl (C=O) groups is 3. The van der Waals surface area contributed by atoms with Crippen molar-refractivity contribution in [3.8, 4) is 0 Å². The van der Waals surface area contributed by atoms with Gasteiger partial charge in [-0.1, -0.05) is 48.2 Å². The zero-order valence-electron chi connectivity index (χ0n) is 20.8. The molecule has 4 rings (SSSR count). The van der Waals surface area contributed by atoms with E-state index in [1.807, 2.05) is 30.3 Å². The quantitative estimate of drug-likeness (QED) is 0.378. The molecule has 0 bridgehead atoms. The summed E-state index contributed by atoms with van der Waals surface area (Å²) in [4.78, 5) is 43.7. The van der Waals surface area contributed by atoms with Gasteiger partial charge in [0.25, 0.3) is 0 Å². The molecule has 1 atom stereocenters. The van der Waals surface area contributed by atoms with Crippen LogP contribution in [0.2, 0.25) is 0 Å². The first-order valence-corrected chi connectivity index (χ1v) is 12.8. The predicted octanol–water partition coefficient (Wildman–Crippen LogP) is 5.70. The standard InChI is InChI=1S/C28H24F3N3O4S/c1-38-26(37)19-10-12-21(13-11-19)32-25(36)23-17-24(35)34(15-14-18-6-3-2-4-7-18)27(39-23)33-22-9-5-8-20(16-22)28(29,30)31/h2-13,16,23H,14-15,17H2,1H3,(H,32,36). The van der Waals surface area contributed by atoms with Crippen LogP contribution in [0.5, 0.6) is 0 Å². The molecule has 0 aromatic heterocycles. The minimum Gasteiger partial charge on any atom is -0.465 e. The maximum Gasteiger partial charge on any atom is 0.416 e. The summed E-state index contributed by atoms with van der Waals surface area (Å²) in [6.07, 6.45) is -4.17. The lowest BCUT2D eigenvalue weighted by atomic mass is 10.1. The highest BCUT2D eigenvalue weighted by Gasteiger charge is 2.36. The number of carbonyl (C=O) groups excluding carboxylic acids is 3. The SMILES string of the molecule is COC(=O)c1ccc(NC(=O)C2CC(=O)N(CCc3ccccc3)C(=Nc3cccc(C(F)(F)F)c3)S2)cc1. The van der Waals surface area contributed by atoms with Gasteiger partial charge in [-0.25, -0.2) is 9.79 Å². The normalized spacial score (nSPS) is 16.7. The minimum atomic E-state index is -4.55. The number of amides is 2. The molecule has 1 fully saturated rings. The summed E-state index contributed by atoms with van der Waals surface area (Å²) in [6.45, 7) is 0.247. The van der Waals surface area contributed by atoms with Crippen molar-refractivity contribution in [1.29, 1.82) is 0 Å². The zero-order chi connectivity index (χ0) is 28.0. The summed E-state index contributed by atoms with van der Waals surface area (Å²) >= 11 is 1.01. The molecule has 3 aromatic carbocycles. The maximum atomic E-state index is 13.3. The van der Waals surface area contributed by atoms with Gasteiger partial charge in [-0.05, 0) is 54.4 Å². The molecule has 0 aliphatic carbocycles. The second-order valence-corrected chi connectivity index (χ2v) is 9.76. The summed E-state index contributed by atoms with van der Waals surface area (Å²) in [6, 6.07) is 20.0. The Labute approximate surface area is 227 Å². The van der Waals surface area contributed by atoms with E-state index in [0.717, 1.165) is 29.5 Å². The lowest BCUT2D eigenvalue weighted by Crippen LogP contribution is -2.46. The fourth-order valence-electron chi connectivity index (χ4n) is 3.84. The molecule has 1 heterocycles. The van der Waals surface area contributed by atoms with E-state index in [0.29, 0.717) is 17.7 Å². The monoisotopic (exact) mass is 555 g/mol. The molecule has 1 unspecified atom stereocenters. The van der Waals surface area contributed by atoms with Crippen LogP contribution in [0.15, 0.2) is 83.9 Å². The Hall–Kier alpha value is -4.12. The number of hydrogen-bond donors (Lipinski definition) is 1. The van der Waals surface area contributed by atoms with E-state index in [1.54, 1.807) is 0 Å². The number of ether oxygens (including phenoxy) is 1. The van der Waals surface area contributed by atoms with Crippen LogP contribution in [0.1, 0.15) is 27.9 Å². The van der Waals surface area contributed by atoms with Crippen LogP contribution in [0.25, 0.3) is 0 Å². The molecule has 1 aliphatic rings. The van der Waals surface area contributed by atoms with Gasteiger partial charge in [-0.15, -0.1) is 0 Å². The fourth-order valence-corrected chi connectivity index (χ4v) is 4.96. The van der Waals surface area contributed by atoms with Crippen LogP contribution in [0.3, 0.4) is 0 Å². The fraction of sp³-hybridized carbons (Fsp3) is 0.214. The number of nitrogens with zero attached hydrogens (tertiary/aromatic N) is 2. The van der Waals surface area contributed by atoms with Gasteiger partial charge in [0.15, 0.2) is 5.17 Å². The number of nitrogens with one attached hydrogen (secondary N) is 1. The molecule has 3 aromatic rings. The number of halogens is 3. The summed E-state index contributed by atoms with van der Waals surface area (Å²) in [5, 5.41) is 1.99. The van der Waals surface area contributed by atoms with Crippen LogP contribution >= 0.6 is 11.8 Å². The number of aliphatic imine (C=N–C) groups is 1. The molecule has 0 radical (unpaired) electrons.